The van der Waals surface area contributed by atoms with Crippen molar-refractivity contribution in [1.82, 2.24) is 5.32 Å². The molecule has 1 atom stereocenters. The van der Waals surface area contributed by atoms with Gasteiger partial charge in [0.15, 0.2) is 0 Å². The minimum atomic E-state index is -1.12. The van der Waals surface area contributed by atoms with Gasteiger partial charge in [-0.25, -0.2) is 4.79 Å². The average molecular weight is 264 g/mol. The second-order valence-corrected chi connectivity index (χ2v) is 4.21. The van der Waals surface area contributed by atoms with E-state index in [1.807, 2.05) is 0 Å². The second-order valence-electron chi connectivity index (χ2n) is 4.21. The normalized spacial score (nSPS) is 11.5. The molecule has 0 aliphatic rings. The van der Waals surface area contributed by atoms with Crippen LogP contribution < -0.4 is 10.6 Å². The minimum Gasteiger partial charge on any atom is -0.478 e. The van der Waals surface area contributed by atoms with E-state index in [1.54, 1.807) is 19.1 Å². The van der Waals surface area contributed by atoms with Crippen molar-refractivity contribution in [2.24, 2.45) is 0 Å². The first-order valence-electron chi connectivity index (χ1n) is 5.73. The molecule has 3 N–H and O–H groups in total. The van der Waals surface area contributed by atoms with Crippen molar-refractivity contribution in [2.75, 3.05) is 5.32 Å². The number of anilines is 1. The van der Waals surface area contributed by atoms with E-state index in [9.17, 15) is 14.4 Å². The van der Waals surface area contributed by atoms with Crippen molar-refractivity contribution < 1.29 is 19.5 Å². The van der Waals surface area contributed by atoms with Crippen molar-refractivity contribution >= 4 is 23.5 Å². The summed E-state index contributed by atoms with van der Waals surface area (Å²) in [7, 11) is 0. The fourth-order valence-electron chi connectivity index (χ4n) is 1.61. The number of carbonyl (C=O) groups is 3. The van der Waals surface area contributed by atoms with Crippen LogP contribution in [0.5, 0.6) is 0 Å². The van der Waals surface area contributed by atoms with E-state index in [-0.39, 0.29) is 17.2 Å². The van der Waals surface area contributed by atoms with Crippen LogP contribution in [0.4, 0.5) is 5.69 Å². The molecule has 6 nitrogen and oxygen atoms in total. The lowest BCUT2D eigenvalue weighted by Gasteiger charge is -2.15. The molecule has 0 saturated carbocycles. The zero-order valence-electron chi connectivity index (χ0n) is 11.0. The molecule has 0 fully saturated rings. The number of hydrogen-bond donors (Lipinski definition) is 3. The Labute approximate surface area is 110 Å². The third-order valence-electron chi connectivity index (χ3n) is 2.56. The topological polar surface area (TPSA) is 95.5 Å². The molecule has 2 amide bonds. The smallest absolute Gasteiger partial charge is 0.337 e. The van der Waals surface area contributed by atoms with E-state index in [4.69, 9.17) is 5.11 Å². The summed E-state index contributed by atoms with van der Waals surface area (Å²) in [6, 6.07) is 3.98. The fraction of sp³-hybridized carbons (Fsp3) is 0.308. The highest BCUT2D eigenvalue weighted by Crippen LogP contribution is 2.20. The number of para-hydroxylation sites is 1. The van der Waals surface area contributed by atoms with E-state index < -0.39 is 17.9 Å². The molecule has 0 radical (unpaired) electrons. The molecular formula is C13H16N2O4. The predicted octanol–water partition coefficient (Wildman–Crippen LogP) is 1.16. The van der Waals surface area contributed by atoms with Crippen molar-refractivity contribution in [3.8, 4) is 0 Å². The molecule has 1 rings (SSSR count). The van der Waals surface area contributed by atoms with E-state index in [0.29, 0.717) is 5.56 Å². The van der Waals surface area contributed by atoms with E-state index >= 15 is 0 Å². The summed E-state index contributed by atoms with van der Waals surface area (Å²) < 4.78 is 0. The molecule has 6 heteroatoms. The maximum absolute atomic E-state index is 11.9. The van der Waals surface area contributed by atoms with Crippen LogP contribution in [0, 0.1) is 6.92 Å². The molecule has 0 saturated heterocycles. The largest absolute Gasteiger partial charge is 0.478 e. The Morgan fingerprint density at radius 1 is 1.26 bits per heavy atom. The van der Waals surface area contributed by atoms with E-state index in [1.165, 1.54) is 19.9 Å². The number of carboxylic acid groups (broad SMARTS) is 1. The van der Waals surface area contributed by atoms with Crippen LogP contribution in [0.2, 0.25) is 0 Å². The Morgan fingerprint density at radius 3 is 2.42 bits per heavy atom. The Hall–Kier alpha value is -2.37. The van der Waals surface area contributed by atoms with Gasteiger partial charge in [-0.3, -0.25) is 9.59 Å². The summed E-state index contributed by atoms with van der Waals surface area (Å²) in [4.78, 5) is 33.8. The lowest BCUT2D eigenvalue weighted by atomic mass is 10.1. The van der Waals surface area contributed by atoms with Crippen LogP contribution in [0.1, 0.15) is 29.8 Å². The highest BCUT2D eigenvalue weighted by Gasteiger charge is 2.18. The molecule has 1 aromatic rings. The summed E-state index contributed by atoms with van der Waals surface area (Å²) in [5.74, 6) is -1.91. The van der Waals surface area contributed by atoms with Gasteiger partial charge in [0, 0.05) is 6.92 Å². The van der Waals surface area contributed by atoms with Gasteiger partial charge in [0.1, 0.15) is 6.04 Å². The molecule has 0 aliphatic heterocycles. The Morgan fingerprint density at radius 2 is 1.89 bits per heavy atom. The predicted molar refractivity (Wildman–Crippen MR) is 70.0 cm³/mol. The first-order chi connectivity index (χ1) is 8.82. The Balaban J connectivity index is 2.96. The lowest BCUT2D eigenvalue weighted by Crippen LogP contribution is -2.40. The standard InChI is InChI=1S/C13H16N2O4/c1-7-5-4-6-10(13(18)19)11(7)15-12(17)8(2)14-9(3)16/h4-6,8H,1-3H3,(H,14,16)(H,15,17)(H,18,19). The number of benzene rings is 1. The molecular weight excluding hydrogens is 248 g/mol. The van der Waals surface area contributed by atoms with Crippen molar-refractivity contribution in [2.45, 2.75) is 26.8 Å². The third kappa shape index (κ3) is 3.80. The summed E-state index contributed by atoms with van der Waals surface area (Å²) >= 11 is 0. The highest BCUT2D eigenvalue weighted by atomic mass is 16.4. The molecule has 0 heterocycles. The van der Waals surface area contributed by atoms with Gasteiger partial charge in [-0.15, -0.1) is 0 Å². The molecule has 0 spiro atoms. The zero-order valence-corrected chi connectivity index (χ0v) is 11.0. The molecule has 1 aromatic carbocycles. The molecule has 19 heavy (non-hydrogen) atoms. The summed E-state index contributed by atoms with van der Waals surface area (Å²) in [5.41, 5.74) is 0.906. The van der Waals surface area contributed by atoms with Crippen LogP contribution in [-0.4, -0.2) is 28.9 Å². The zero-order chi connectivity index (χ0) is 14.6. The van der Waals surface area contributed by atoms with Gasteiger partial charge < -0.3 is 15.7 Å². The van der Waals surface area contributed by atoms with Crippen molar-refractivity contribution in [1.29, 1.82) is 0 Å². The highest BCUT2D eigenvalue weighted by molar-refractivity contribution is 6.03. The van der Waals surface area contributed by atoms with Crippen LogP contribution in [0.15, 0.2) is 18.2 Å². The SMILES string of the molecule is CC(=O)NC(C)C(=O)Nc1c(C)cccc1C(=O)O. The van der Waals surface area contributed by atoms with Gasteiger partial charge in [-0.2, -0.15) is 0 Å². The number of aromatic carboxylic acids is 1. The van der Waals surface area contributed by atoms with Gasteiger partial charge in [-0.05, 0) is 25.5 Å². The third-order valence-corrected chi connectivity index (χ3v) is 2.56. The molecule has 0 aliphatic carbocycles. The first-order valence-corrected chi connectivity index (χ1v) is 5.73. The molecule has 0 aromatic heterocycles. The fourth-order valence-corrected chi connectivity index (χ4v) is 1.61. The maximum Gasteiger partial charge on any atom is 0.337 e. The number of hydrogen-bond acceptors (Lipinski definition) is 3. The number of carbonyl (C=O) groups excluding carboxylic acids is 2. The van der Waals surface area contributed by atoms with Crippen LogP contribution in [-0.2, 0) is 9.59 Å². The molecule has 1 unspecified atom stereocenters. The van der Waals surface area contributed by atoms with Gasteiger partial charge in [0.2, 0.25) is 11.8 Å². The van der Waals surface area contributed by atoms with Crippen LogP contribution >= 0.6 is 0 Å². The van der Waals surface area contributed by atoms with Gasteiger partial charge in [0.25, 0.3) is 0 Å². The Bertz CT molecular complexity index is 525. The van der Waals surface area contributed by atoms with Crippen LogP contribution in [0.25, 0.3) is 0 Å². The number of carboxylic acids is 1. The van der Waals surface area contributed by atoms with Crippen LogP contribution in [0.3, 0.4) is 0 Å². The summed E-state index contributed by atoms with van der Waals surface area (Å²) in [5, 5.41) is 14.0. The van der Waals surface area contributed by atoms with Gasteiger partial charge >= 0.3 is 5.97 Å². The van der Waals surface area contributed by atoms with Crippen molar-refractivity contribution in [3.63, 3.8) is 0 Å². The maximum atomic E-state index is 11.9. The quantitative estimate of drug-likeness (QED) is 0.760. The van der Waals surface area contributed by atoms with E-state index in [0.717, 1.165) is 0 Å². The summed E-state index contributed by atoms with van der Waals surface area (Å²) in [6.45, 7) is 4.53. The summed E-state index contributed by atoms with van der Waals surface area (Å²) in [6.07, 6.45) is 0. The van der Waals surface area contributed by atoms with Gasteiger partial charge in [-0.1, -0.05) is 12.1 Å². The number of rotatable bonds is 4. The minimum absolute atomic E-state index is 0.0170. The number of amides is 2. The van der Waals surface area contributed by atoms with E-state index in [2.05, 4.69) is 10.6 Å². The average Bonchev–Trinajstić information content (AvgIpc) is 2.30. The number of aryl methyl sites for hydroxylation is 1. The number of nitrogens with one attached hydrogen (secondary N) is 2. The monoisotopic (exact) mass is 264 g/mol. The molecule has 102 valence electrons. The van der Waals surface area contributed by atoms with Crippen molar-refractivity contribution in [3.05, 3.63) is 29.3 Å². The van der Waals surface area contributed by atoms with Gasteiger partial charge in [0.05, 0.1) is 11.3 Å². The lowest BCUT2D eigenvalue weighted by molar-refractivity contribution is -0.124. The second kappa shape index (κ2) is 5.99. The Kier molecular flexibility index (Phi) is 4.63. The molecule has 0 bridgehead atoms. The first kappa shape index (κ1) is 14.7.